The van der Waals surface area contributed by atoms with Crippen LogP contribution in [0.15, 0.2) is 0 Å². The van der Waals surface area contributed by atoms with Crippen LogP contribution in [0.1, 0.15) is 51.9 Å². The van der Waals surface area contributed by atoms with Gasteiger partial charge in [-0.1, -0.05) is 26.2 Å². The number of carbonyl (C=O) groups excluding carboxylic acids is 1. The van der Waals surface area contributed by atoms with Gasteiger partial charge in [0, 0.05) is 26.1 Å². The summed E-state index contributed by atoms with van der Waals surface area (Å²) in [5.41, 5.74) is 0. The van der Waals surface area contributed by atoms with Gasteiger partial charge in [0.05, 0.1) is 13.2 Å². The highest BCUT2D eigenvalue weighted by molar-refractivity contribution is 5.76. The molecule has 4 nitrogen and oxygen atoms in total. The molecule has 0 radical (unpaired) electrons. The average Bonchev–Trinajstić information content (AvgIpc) is 2.50. The Morgan fingerprint density at radius 2 is 1.84 bits per heavy atom. The molecule has 2 rings (SSSR count). The first kappa shape index (κ1) is 16.4. The molecule has 19 heavy (non-hydrogen) atoms. The summed E-state index contributed by atoms with van der Waals surface area (Å²) in [4.78, 5) is 13.2. The van der Waals surface area contributed by atoms with Crippen molar-refractivity contribution in [3.8, 4) is 0 Å². The molecule has 1 aliphatic carbocycles. The van der Waals surface area contributed by atoms with Crippen LogP contribution in [0.2, 0.25) is 0 Å². The lowest BCUT2D eigenvalue weighted by molar-refractivity contribution is -0.135. The molecular weight excluding hydrogens is 242 g/mol. The number of aliphatic hydroxyl groups is 1. The fraction of sp³-hybridized carbons (Fsp3) is 0.933. The van der Waals surface area contributed by atoms with E-state index < -0.39 is 0 Å². The van der Waals surface area contributed by atoms with Crippen molar-refractivity contribution < 1.29 is 14.6 Å². The van der Waals surface area contributed by atoms with Crippen LogP contribution in [-0.2, 0) is 9.53 Å². The lowest BCUT2D eigenvalue weighted by Gasteiger charge is -2.26. The van der Waals surface area contributed by atoms with Crippen LogP contribution >= 0.6 is 0 Å². The third kappa shape index (κ3) is 6.92. The largest absolute Gasteiger partial charge is 0.396 e. The summed E-state index contributed by atoms with van der Waals surface area (Å²) in [6.07, 6.45) is 8.20. The zero-order valence-corrected chi connectivity index (χ0v) is 12.3. The Balaban J connectivity index is 0.000000200. The molecule has 1 saturated carbocycles. The molecule has 1 saturated heterocycles. The predicted molar refractivity (Wildman–Crippen MR) is 76.0 cm³/mol. The van der Waals surface area contributed by atoms with E-state index in [4.69, 9.17) is 9.84 Å². The Hall–Kier alpha value is -0.610. The van der Waals surface area contributed by atoms with Gasteiger partial charge in [-0.25, -0.2) is 0 Å². The van der Waals surface area contributed by atoms with Crippen molar-refractivity contribution in [2.45, 2.75) is 51.9 Å². The minimum absolute atomic E-state index is 0.274. The Kier molecular flexibility index (Phi) is 8.84. The zero-order valence-electron chi connectivity index (χ0n) is 12.3. The second-order valence-electron chi connectivity index (χ2n) is 5.43. The van der Waals surface area contributed by atoms with Crippen molar-refractivity contribution in [3.05, 3.63) is 0 Å². The molecule has 112 valence electrons. The Bertz CT molecular complexity index is 234. The van der Waals surface area contributed by atoms with Crippen molar-refractivity contribution >= 4 is 5.91 Å². The first-order valence-corrected chi connectivity index (χ1v) is 7.74. The molecule has 0 aromatic carbocycles. The molecule has 2 fully saturated rings. The number of nitrogens with zero attached hydrogens (tertiary/aromatic N) is 1. The lowest BCUT2D eigenvalue weighted by Crippen LogP contribution is -2.40. The van der Waals surface area contributed by atoms with Gasteiger partial charge in [0.25, 0.3) is 0 Å². The van der Waals surface area contributed by atoms with Crippen LogP contribution in [0.4, 0.5) is 0 Å². The summed E-state index contributed by atoms with van der Waals surface area (Å²) in [7, 11) is 0. The summed E-state index contributed by atoms with van der Waals surface area (Å²) in [5.74, 6) is 0.916. The van der Waals surface area contributed by atoms with E-state index in [1.54, 1.807) is 0 Å². The number of carbonyl (C=O) groups is 1. The zero-order chi connectivity index (χ0) is 13.9. The van der Waals surface area contributed by atoms with E-state index in [2.05, 4.69) is 0 Å². The standard InChI is InChI=1S/C8H15NO2.C7H14O/c1-2-3-8(10)9-4-6-11-7-5-9;8-6-7-4-2-1-3-5-7/h2-7H2,1H3;7-8H,1-6H2. The maximum atomic E-state index is 11.3. The molecule has 2 aliphatic rings. The first-order chi connectivity index (χ1) is 9.27. The average molecular weight is 271 g/mol. The number of morpholine rings is 1. The van der Waals surface area contributed by atoms with Crippen molar-refractivity contribution in [1.82, 2.24) is 4.90 Å². The van der Waals surface area contributed by atoms with Crippen LogP contribution in [-0.4, -0.2) is 48.8 Å². The summed E-state index contributed by atoms with van der Waals surface area (Å²) in [6.45, 7) is 5.40. The molecule has 0 unspecified atom stereocenters. The quantitative estimate of drug-likeness (QED) is 0.856. The molecule has 1 N–H and O–H groups in total. The van der Waals surface area contributed by atoms with Gasteiger partial charge >= 0.3 is 0 Å². The van der Waals surface area contributed by atoms with E-state index in [1.807, 2.05) is 11.8 Å². The molecule has 1 amide bonds. The van der Waals surface area contributed by atoms with E-state index in [1.165, 1.54) is 32.1 Å². The molecule has 0 spiro atoms. The summed E-state index contributed by atoms with van der Waals surface area (Å²) in [6, 6.07) is 0. The molecule has 0 aromatic heterocycles. The smallest absolute Gasteiger partial charge is 0.222 e. The Morgan fingerprint density at radius 3 is 2.32 bits per heavy atom. The fourth-order valence-electron chi connectivity index (χ4n) is 2.55. The van der Waals surface area contributed by atoms with Crippen molar-refractivity contribution in [2.75, 3.05) is 32.9 Å². The number of rotatable bonds is 3. The number of ether oxygens (including phenoxy) is 1. The maximum Gasteiger partial charge on any atom is 0.222 e. The minimum Gasteiger partial charge on any atom is -0.396 e. The molecule has 0 atom stereocenters. The third-order valence-electron chi connectivity index (χ3n) is 3.81. The topological polar surface area (TPSA) is 49.8 Å². The van der Waals surface area contributed by atoms with Gasteiger partial charge < -0.3 is 14.7 Å². The van der Waals surface area contributed by atoms with E-state index in [0.29, 0.717) is 32.2 Å². The van der Waals surface area contributed by atoms with Gasteiger partial charge in [-0.15, -0.1) is 0 Å². The molecule has 4 heteroatoms. The van der Waals surface area contributed by atoms with Crippen molar-refractivity contribution in [2.24, 2.45) is 5.92 Å². The highest BCUT2D eigenvalue weighted by atomic mass is 16.5. The van der Waals surface area contributed by atoms with Crippen LogP contribution in [0.5, 0.6) is 0 Å². The predicted octanol–water partition coefficient (Wildman–Crippen LogP) is 2.20. The summed E-state index contributed by atoms with van der Waals surface area (Å²) < 4.78 is 5.13. The van der Waals surface area contributed by atoms with E-state index in [-0.39, 0.29) is 5.91 Å². The van der Waals surface area contributed by atoms with Gasteiger partial charge in [0.2, 0.25) is 5.91 Å². The Labute approximate surface area is 117 Å². The highest BCUT2D eigenvalue weighted by Crippen LogP contribution is 2.22. The first-order valence-electron chi connectivity index (χ1n) is 7.74. The second kappa shape index (κ2) is 10.2. The maximum absolute atomic E-state index is 11.3. The number of hydrogen-bond donors (Lipinski definition) is 1. The SMILES string of the molecule is CCCC(=O)N1CCOCC1.OCC1CCCCC1. The molecular formula is C15H29NO3. The molecule has 0 aromatic rings. The van der Waals surface area contributed by atoms with Gasteiger partial charge in [0.1, 0.15) is 0 Å². The molecule has 1 heterocycles. The van der Waals surface area contributed by atoms with Crippen molar-refractivity contribution in [1.29, 1.82) is 0 Å². The van der Waals surface area contributed by atoms with Crippen molar-refractivity contribution in [3.63, 3.8) is 0 Å². The summed E-state index contributed by atoms with van der Waals surface area (Å²) in [5, 5.41) is 8.69. The number of aliphatic hydroxyl groups excluding tert-OH is 1. The summed E-state index contributed by atoms with van der Waals surface area (Å²) >= 11 is 0. The minimum atomic E-state index is 0.274. The third-order valence-corrected chi connectivity index (χ3v) is 3.81. The van der Waals surface area contributed by atoms with Gasteiger partial charge in [0.15, 0.2) is 0 Å². The van der Waals surface area contributed by atoms with Gasteiger partial charge in [-0.2, -0.15) is 0 Å². The number of amides is 1. The molecule has 0 bridgehead atoms. The van der Waals surface area contributed by atoms with Crippen LogP contribution in [0, 0.1) is 5.92 Å². The van der Waals surface area contributed by atoms with Crippen LogP contribution in [0.3, 0.4) is 0 Å². The second-order valence-corrected chi connectivity index (χ2v) is 5.43. The van der Waals surface area contributed by atoms with E-state index >= 15 is 0 Å². The molecule has 1 aliphatic heterocycles. The normalized spacial score (nSPS) is 20.6. The van der Waals surface area contributed by atoms with Crippen LogP contribution in [0.25, 0.3) is 0 Å². The van der Waals surface area contributed by atoms with E-state index in [9.17, 15) is 4.79 Å². The van der Waals surface area contributed by atoms with Gasteiger partial charge in [-0.05, 0) is 25.2 Å². The Morgan fingerprint density at radius 1 is 1.21 bits per heavy atom. The highest BCUT2D eigenvalue weighted by Gasteiger charge is 2.14. The lowest BCUT2D eigenvalue weighted by atomic mass is 9.90. The van der Waals surface area contributed by atoms with Crippen LogP contribution < -0.4 is 0 Å². The van der Waals surface area contributed by atoms with Gasteiger partial charge in [-0.3, -0.25) is 4.79 Å². The van der Waals surface area contributed by atoms with E-state index in [0.717, 1.165) is 19.5 Å². The number of hydrogen-bond acceptors (Lipinski definition) is 3. The monoisotopic (exact) mass is 271 g/mol. The fourth-order valence-corrected chi connectivity index (χ4v) is 2.55.